The maximum absolute atomic E-state index is 6.25. The average Bonchev–Trinajstić information content (AvgIpc) is 2.88. The van der Waals surface area contributed by atoms with E-state index in [1.54, 1.807) is 0 Å². The molecule has 1 unspecified atom stereocenters. The highest BCUT2D eigenvalue weighted by atomic mass is 35.5. The number of halogens is 1. The second kappa shape index (κ2) is 4.18. The zero-order valence-corrected chi connectivity index (χ0v) is 11.1. The lowest BCUT2D eigenvalue weighted by Crippen LogP contribution is -2.36. The maximum Gasteiger partial charge on any atom is 0.0459 e. The van der Waals surface area contributed by atoms with Gasteiger partial charge in [0.25, 0.3) is 0 Å². The molecule has 1 aromatic rings. The zero-order valence-electron chi connectivity index (χ0n) is 10.3. The van der Waals surface area contributed by atoms with Crippen LogP contribution in [0.2, 0.25) is 5.02 Å². The summed E-state index contributed by atoms with van der Waals surface area (Å²) < 4.78 is 0. The van der Waals surface area contributed by atoms with Crippen LogP contribution in [0.25, 0.3) is 0 Å². The van der Waals surface area contributed by atoms with Gasteiger partial charge in [-0.3, -0.25) is 0 Å². The van der Waals surface area contributed by atoms with E-state index in [1.165, 1.54) is 17.7 Å². The van der Waals surface area contributed by atoms with E-state index < -0.39 is 0 Å². The molecule has 0 amide bonds. The molecule has 1 aromatic carbocycles. The van der Waals surface area contributed by atoms with E-state index >= 15 is 0 Å². The number of nitrogens with one attached hydrogen (secondary N) is 1. The van der Waals surface area contributed by atoms with Gasteiger partial charge in [-0.25, -0.2) is 0 Å². The highest BCUT2D eigenvalue weighted by Crippen LogP contribution is 2.36. The minimum absolute atomic E-state index is 0.421. The van der Waals surface area contributed by atoms with Crippen molar-refractivity contribution >= 4 is 17.3 Å². The van der Waals surface area contributed by atoms with Gasteiger partial charge in [0.1, 0.15) is 0 Å². The number of fused-ring (bicyclic) bond motifs is 1. The van der Waals surface area contributed by atoms with Gasteiger partial charge >= 0.3 is 0 Å². The second-order valence-corrected chi connectivity index (χ2v) is 6.05. The van der Waals surface area contributed by atoms with E-state index in [2.05, 4.69) is 29.3 Å². The standard InChI is InChI=1S/C14H19ClN2/c1-14(6-7-16-9-14)10-17-8-5-11-12(15)3-2-4-13(11)17/h2-4,16H,5-10H2,1H3. The number of hydrogen-bond donors (Lipinski definition) is 1. The third-order valence-electron chi connectivity index (χ3n) is 4.10. The molecule has 1 fully saturated rings. The molecule has 0 radical (unpaired) electrons. The molecule has 0 saturated carbocycles. The summed E-state index contributed by atoms with van der Waals surface area (Å²) in [5.74, 6) is 0. The van der Waals surface area contributed by atoms with Gasteiger partial charge < -0.3 is 10.2 Å². The van der Waals surface area contributed by atoms with Crippen LogP contribution < -0.4 is 10.2 Å². The Labute approximate surface area is 108 Å². The number of nitrogens with zero attached hydrogens (tertiary/aromatic N) is 1. The van der Waals surface area contributed by atoms with E-state index in [0.29, 0.717) is 5.41 Å². The first-order valence-electron chi connectivity index (χ1n) is 6.41. The van der Waals surface area contributed by atoms with Crippen molar-refractivity contribution in [1.82, 2.24) is 5.32 Å². The highest BCUT2D eigenvalue weighted by molar-refractivity contribution is 6.31. The van der Waals surface area contributed by atoms with E-state index in [4.69, 9.17) is 11.6 Å². The number of rotatable bonds is 2. The fourth-order valence-corrected chi connectivity index (χ4v) is 3.35. The first-order chi connectivity index (χ1) is 8.18. The Morgan fingerprint density at radius 2 is 2.35 bits per heavy atom. The lowest BCUT2D eigenvalue weighted by molar-refractivity contribution is 0.367. The van der Waals surface area contributed by atoms with Crippen LogP contribution in [0.5, 0.6) is 0 Å². The molecule has 92 valence electrons. The van der Waals surface area contributed by atoms with Gasteiger partial charge in [0.05, 0.1) is 0 Å². The average molecular weight is 251 g/mol. The van der Waals surface area contributed by atoms with Crippen molar-refractivity contribution in [2.24, 2.45) is 5.41 Å². The van der Waals surface area contributed by atoms with Crippen LogP contribution in [0.1, 0.15) is 18.9 Å². The molecule has 1 N–H and O–H groups in total. The fourth-order valence-electron chi connectivity index (χ4n) is 3.09. The van der Waals surface area contributed by atoms with Gasteiger partial charge in [-0.15, -0.1) is 0 Å². The molecule has 0 aliphatic carbocycles. The third-order valence-corrected chi connectivity index (χ3v) is 4.45. The molecule has 2 aliphatic rings. The first-order valence-corrected chi connectivity index (χ1v) is 6.79. The smallest absolute Gasteiger partial charge is 0.0459 e. The summed E-state index contributed by atoms with van der Waals surface area (Å²) in [5.41, 5.74) is 3.11. The van der Waals surface area contributed by atoms with Gasteiger partial charge in [-0.05, 0) is 42.5 Å². The van der Waals surface area contributed by atoms with Gasteiger partial charge in [0.15, 0.2) is 0 Å². The predicted octanol–water partition coefficient (Wildman–Crippen LogP) is 2.70. The van der Waals surface area contributed by atoms with Crippen LogP contribution in [0.3, 0.4) is 0 Å². The molecule has 17 heavy (non-hydrogen) atoms. The molecule has 0 bridgehead atoms. The van der Waals surface area contributed by atoms with Crippen molar-refractivity contribution in [3.05, 3.63) is 28.8 Å². The lowest BCUT2D eigenvalue weighted by atomic mass is 9.89. The monoisotopic (exact) mass is 250 g/mol. The lowest BCUT2D eigenvalue weighted by Gasteiger charge is -2.31. The minimum atomic E-state index is 0.421. The molecular weight excluding hydrogens is 232 g/mol. The van der Waals surface area contributed by atoms with Crippen molar-refractivity contribution in [1.29, 1.82) is 0 Å². The number of benzene rings is 1. The van der Waals surface area contributed by atoms with Gasteiger partial charge in [0, 0.05) is 30.3 Å². The topological polar surface area (TPSA) is 15.3 Å². The van der Waals surface area contributed by atoms with E-state index in [9.17, 15) is 0 Å². The van der Waals surface area contributed by atoms with E-state index in [0.717, 1.165) is 37.6 Å². The molecule has 0 spiro atoms. The van der Waals surface area contributed by atoms with Crippen LogP contribution in [0.15, 0.2) is 18.2 Å². The molecular formula is C14H19ClN2. The molecule has 1 saturated heterocycles. The molecule has 3 rings (SSSR count). The molecule has 2 aliphatic heterocycles. The summed E-state index contributed by atoms with van der Waals surface area (Å²) in [6.45, 7) is 6.95. The summed E-state index contributed by atoms with van der Waals surface area (Å²) in [5, 5.41) is 4.40. The summed E-state index contributed by atoms with van der Waals surface area (Å²) in [7, 11) is 0. The SMILES string of the molecule is CC1(CN2CCc3c(Cl)cccc32)CCNC1. The Kier molecular flexibility index (Phi) is 2.80. The number of anilines is 1. The van der Waals surface area contributed by atoms with Crippen LogP contribution in [0.4, 0.5) is 5.69 Å². The fraction of sp³-hybridized carbons (Fsp3) is 0.571. The summed E-state index contributed by atoms with van der Waals surface area (Å²) in [6.07, 6.45) is 2.37. The first kappa shape index (κ1) is 11.4. The second-order valence-electron chi connectivity index (χ2n) is 5.65. The Balaban J connectivity index is 1.82. The molecule has 3 heteroatoms. The molecule has 0 aromatic heterocycles. The normalized spacial score (nSPS) is 27.5. The summed E-state index contributed by atoms with van der Waals surface area (Å²) >= 11 is 6.25. The largest absolute Gasteiger partial charge is 0.370 e. The zero-order chi connectivity index (χ0) is 11.9. The van der Waals surface area contributed by atoms with Crippen molar-refractivity contribution in [2.45, 2.75) is 19.8 Å². The van der Waals surface area contributed by atoms with Gasteiger partial charge in [0.2, 0.25) is 0 Å². The highest BCUT2D eigenvalue weighted by Gasteiger charge is 2.33. The maximum atomic E-state index is 6.25. The Morgan fingerprint density at radius 3 is 3.12 bits per heavy atom. The molecule has 2 nitrogen and oxygen atoms in total. The summed E-state index contributed by atoms with van der Waals surface area (Å²) in [4.78, 5) is 2.51. The van der Waals surface area contributed by atoms with E-state index in [-0.39, 0.29) is 0 Å². The van der Waals surface area contributed by atoms with Gasteiger partial charge in [-0.2, -0.15) is 0 Å². The van der Waals surface area contributed by atoms with Crippen LogP contribution in [-0.2, 0) is 6.42 Å². The predicted molar refractivity (Wildman–Crippen MR) is 73.0 cm³/mol. The van der Waals surface area contributed by atoms with Crippen molar-refractivity contribution in [2.75, 3.05) is 31.1 Å². The Morgan fingerprint density at radius 1 is 1.47 bits per heavy atom. The third kappa shape index (κ3) is 2.04. The Bertz CT molecular complexity index is 424. The van der Waals surface area contributed by atoms with Crippen LogP contribution in [-0.4, -0.2) is 26.2 Å². The van der Waals surface area contributed by atoms with Crippen LogP contribution >= 0.6 is 11.6 Å². The quantitative estimate of drug-likeness (QED) is 0.868. The molecule has 1 atom stereocenters. The minimum Gasteiger partial charge on any atom is -0.370 e. The summed E-state index contributed by atoms with van der Waals surface area (Å²) in [6, 6.07) is 6.28. The van der Waals surface area contributed by atoms with Crippen molar-refractivity contribution in [3.63, 3.8) is 0 Å². The van der Waals surface area contributed by atoms with Crippen LogP contribution in [0, 0.1) is 5.41 Å². The van der Waals surface area contributed by atoms with E-state index in [1.807, 2.05) is 6.07 Å². The molecule has 2 heterocycles. The Hall–Kier alpha value is -0.730. The van der Waals surface area contributed by atoms with Gasteiger partial charge in [-0.1, -0.05) is 24.6 Å². The van der Waals surface area contributed by atoms with Crippen molar-refractivity contribution < 1.29 is 0 Å². The van der Waals surface area contributed by atoms with Crippen molar-refractivity contribution in [3.8, 4) is 0 Å². The number of hydrogen-bond acceptors (Lipinski definition) is 2.